The second-order valence-electron chi connectivity index (χ2n) is 11.8. The summed E-state index contributed by atoms with van der Waals surface area (Å²) in [7, 11) is 0. The molecule has 2 atom stereocenters. The number of aryl methyl sites for hydroxylation is 3. The Balaban J connectivity index is 1.30. The summed E-state index contributed by atoms with van der Waals surface area (Å²) >= 11 is 0. The Kier molecular flexibility index (Phi) is 6.32. The number of nitrogens with one attached hydrogen (secondary N) is 2. The summed E-state index contributed by atoms with van der Waals surface area (Å²) < 4.78 is 0. The fourth-order valence-electron chi connectivity index (χ4n) is 7.29. The largest absolute Gasteiger partial charge is 0.329 e. The number of hydrogen-bond donors (Lipinski definition) is 2. The highest BCUT2D eigenvalue weighted by Gasteiger charge is 2.68. The van der Waals surface area contributed by atoms with Crippen molar-refractivity contribution in [3.05, 3.63) is 130 Å². The van der Waals surface area contributed by atoms with E-state index in [0.29, 0.717) is 11.4 Å². The third kappa shape index (κ3) is 3.94. The molecular weight excluding hydrogens is 552 g/mol. The van der Waals surface area contributed by atoms with Crippen molar-refractivity contribution in [3.63, 3.8) is 0 Å². The van der Waals surface area contributed by atoms with Gasteiger partial charge in [0.1, 0.15) is 0 Å². The van der Waals surface area contributed by atoms with Gasteiger partial charge in [0.2, 0.25) is 11.8 Å². The van der Waals surface area contributed by atoms with Gasteiger partial charge in [-0.2, -0.15) is 5.10 Å². The molecule has 4 aromatic rings. The first-order valence-corrected chi connectivity index (χ1v) is 14.6. The van der Waals surface area contributed by atoms with E-state index in [0.717, 1.165) is 38.9 Å². The molecule has 1 heterocycles. The van der Waals surface area contributed by atoms with Crippen LogP contribution in [0, 0.1) is 32.6 Å². The van der Waals surface area contributed by atoms with Crippen LogP contribution in [0.25, 0.3) is 0 Å². The van der Waals surface area contributed by atoms with E-state index in [1.807, 2.05) is 93.6 Å². The monoisotopic (exact) mass is 582 g/mol. The lowest BCUT2D eigenvalue weighted by Gasteiger charge is -2.52. The summed E-state index contributed by atoms with van der Waals surface area (Å²) in [5, 5.41) is 6.97. The molecule has 3 aliphatic carbocycles. The van der Waals surface area contributed by atoms with Gasteiger partial charge in [0.05, 0.1) is 22.9 Å². The van der Waals surface area contributed by atoms with E-state index in [1.54, 1.807) is 24.4 Å². The Labute approximate surface area is 254 Å². The maximum Gasteiger partial charge on any atom is 0.329 e. The third-order valence-corrected chi connectivity index (χ3v) is 9.26. The molecule has 4 aliphatic rings. The van der Waals surface area contributed by atoms with E-state index in [1.165, 1.54) is 4.90 Å². The lowest BCUT2D eigenvalue weighted by molar-refractivity contribution is -0.136. The van der Waals surface area contributed by atoms with Crippen LogP contribution >= 0.6 is 0 Å². The minimum Gasteiger partial charge on any atom is -0.317 e. The summed E-state index contributed by atoms with van der Waals surface area (Å²) in [5.74, 6) is -4.16. The predicted molar refractivity (Wildman–Crippen MR) is 167 cm³/mol. The highest BCUT2D eigenvalue weighted by molar-refractivity contribution is 6.39. The van der Waals surface area contributed by atoms with Gasteiger partial charge in [0.25, 0.3) is 0 Å². The van der Waals surface area contributed by atoms with Crippen molar-refractivity contribution in [2.24, 2.45) is 16.9 Å². The topological polar surface area (TPSA) is 108 Å². The van der Waals surface area contributed by atoms with Crippen LogP contribution in [0.5, 0.6) is 0 Å². The average Bonchev–Trinajstić information content (AvgIpc) is 3.30. The van der Waals surface area contributed by atoms with Gasteiger partial charge < -0.3 is 5.32 Å². The number of anilines is 2. The van der Waals surface area contributed by atoms with Crippen LogP contribution in [0.2, 0.25) is 0 Å². The van der Waals surface area contributed by atoms with Crippen LogP contribution in [-0.4, -0.2) is 29.8 Å². The van der Waals surface area contributed by atoms with Crippen molar-refractivity contribution in [3.8, 4) is 0 Å². The molecule has 4 amide bonds. The fourth-order valence-corrected chi connectivity index (χ4v) is 7.29. The van der Waals surface area contributed by atoms with Gasteiger partial charge in [-0.15, -0.1) is 0 Å². The first-order chi connectivity index (χ1) is 21.2. The molecule has 1 fully saturated rings. The fraction of sp³-hybridized carbons (Fsp3) is 0.194. The van der Waals surface area contributed by atoms with E-state index in [2.05, 4.69) is 15.8 Å². The van der Waals surface area contributed by atoms with Crippen LogP contribution in [0.15, 0.2) is 96.1 Å². The molecule has 0 aromatic heterocycles. The molecule has 2 N–H and O–H groups in total. The number of carbonyl (C=O) groups is 4. The molecule has 8 heteroatoms. The molecule has 0 saturated carbocycles. The molecule has 1 aliphatic heterocycles. The van der Waals surface area contributed by atoms with Crippen molar-refractivity contribution >= 4 is 41.2 Å². The standard InChI is InChI=1S/C36H30N4O4/c1-20-13-16-23(17-14-20)40-34(43)30-29-24-8-4-6-10-26(24)36(31(30)35(40)44,27-11-7-5-9-25(27)29)19-37-39-33(42)32(41)38-28-18-21(2)12-15-22(28)3/h4-19,29-31H,1-3H3,(H,38,41)(H,39,42). The first kappa shape index (κ1) is 27.5. The summed E-state index contributed by atoms with van der Waals surface area (Å²) in [6, 6.07) is 28.5. The minimum atomic E-state index is -1.16. The smallest absolute Gasteiger partial charge is 0.317 e. The van der Waals surface area contributed by atoms with Crippen LogP contribution in [-0.2, 0) is 24.6 Å². The summed E-state index contributed by atoms with van der Waals surface area (Å²) in [6.07, 6.45) is 1.55. The van der Waals surface area contributed by atoms with Gasteiger partial charge in [-0.3, -0.25) is 19.2 Å². The highest BCUT2D eigenvalue weighted by Crippen LogP contribution is 2.63. The van der Waals surface area contributed by atoms with Crippen molar-refractivity contribution in [2.75, 3.05) is 10.2 Å². The summed E-state index contributed by atoms with van der Waals surface area (Å²) in [5.41, 5.74) is 8.68. The van der Waals surface area contributed by atoms with Gasteiger partial charge in [-0.1, -0.05) is 78.4 Å². The molecule has 8 rings (SSSR count). The Bertz CT molecular complexity index is 1860. The van der Waals surface area contributed by atoms with Gasteiger partial charge in [-0.05, 0) is 72.4 Å². The second kappa shape index (κ2) is 10.1. The van der Waals surface area contributed by atoms with Gasteiger partial charge in [0, 0.05) is 17.8 Å². The minimum absolute atomic E-state index is 0.257. The van der Waals surface area contributed by atoms with Gasteiger partial charge in [-0.25, -0.2) is 10.3 Å². The molecule has 4 aromatic carbocycles. The molecule has 44 heavy (non-hydrogen) atoms. The van der Waals surface area contributed by atoms with E-state index in [4.69, 9.17) is 0 Å². The number of amides is 4. The van der Waals surface area contributed by atoms with E-state index in [-0.39, 0.29) is 17.7 Å². The molecule has 2 bridgehead atoms. The number of rotatable bonds is 4. The second-order valence-corrected chi connectivity index (χ2v) is 11.8. The van der Waals surface area contributed by atoms with Crippen LogP contribution < -0.4 is 15.6 Å². The molecular formula is C36H30N4O4. The number of imide groups is 1. The van der Waals surface area contributed by atoms with Crippen molar-refractivity contribution < 1.29 is 19.2 Å². The number of benzene rings is 4. The average molecular weight is 583 g/mol. The Morgan fingerprint density at radius 1 is 0.773 bits per heavy atom. The Morgan fingerprint density at radius 3 is 2.05 bits per heavy atom. The third-order valence-electron chi connectivity index (χ3n) is 9.26. The van der Waals surface area contributed by atoms with E-state index < -0.39 is 29.1 Å². The maximum atomic E-state index is 14.4. The maximum absolute atomic E-state index is 14.4. The lowest BCUT2D eigenvalue weighted by Crippen LogP contribution is -2.54. The molecule has 8 nitrogen and oxygen atoms in total. The SMILES string of the molecule is Cc1ccc(N2C(=O)C3C4c5ccccc5C(C=NNC(=O)C(=O)Nc5cc(C)ccc5C)(c5ccccc54)C3C2=O)cc1. The van der Waals surface area contributed by atoms with Crippen molar-refractivity contribution in [1.82, 2.24) is 5.43 Å². The number of nitrogens with zero attached hydrogens (tertiary/aromatic N) is 2. The highest BCUT2D eigenvalue weighted by atomic mass is 16.2. The van der Waals surface area contributed by atoms with Crippen LogP contribution in [0.4, 0.5) is 11.4 Å². The van der Waals surface area contributed by atoms with Gasteiger partial charge in [0.15, 0.2) is 0 Å². The number of hydrogen-bond acceptors (Lipinski definition) is 5. The molecule has 0 spiro atoms. The number of carbonyl (C=O) groups excluding carboxylic acids is 4. The van der Waals surface area contributed by atoms with Gasteiger partial charge >= 0.3 is 11.8 Å². The zero-order chi connectivity index (χ0) is 30.7. The Morgan fingerprint density at radius 2 is 1.39 bits per heavy atom. The summed E-state index contributed by atoms with van der Waals surface area (Å²) in [6.45, 7) is 5.69. The Hall–Kier alpha value is -5.37. The first-order valence-electron chi connectivity index (χ1n) is 14.6. The molecule has 218 valence electrons. The van der Waals surface area contributed by atoms with Crippen molar-refractivity contribution in [2.45, 2.75) is 32.1 Å². The van der Waals surface area contributed by atoms with Crippen molar-refractivity contribution in [1.29, 1.82) is 0 Å². The normalized spacial score (nSPS) is 22.9. The number of hydrazone groups is 1. The molecule has 0 radical (unpaired) electrons. The zero-order valence-electron chi connectivity index (χ0n) is 24.5. The summed E-state index contributed by atoms with van der Waals surface area (Å²) in [4.78, 5) is 55.7. The van der Waals surface area contributed by atoms with E-state index >= 15 is 0 Å². The molecule has 2 unspecified atom stereocenters. The van der Waals surface area contributed by atoms with Crippen LogP contribution in [0.3, 0.4) is 0 Å². The van der Waals surface area contributed by atoms with Crippen LogP contribution in [0.1, 0.15) is 44.9 Å². The van der Waals surface area contributed by atoms with E-state index in [9.17, 15) is 19.2 Å². The lowest BCUT2D eigenvalue weighted by atomic mass is 9.47. The molecule has 1 saturated heterocycles. The zero-order valence-corrected chi connectivity index (χ0v) is 24.5. The quantitative estimate of drug-likeness (QED) is 0.154. The predicted octanol–water partition coefficient (Wildman–Crippen LogP) is 4.90.